The zero-order valence-electron chi connectivity index (χ0n) is 10.3. The Hall–Kier alpha value is -0.310. The first-order chi connectivity index (χ1) is 7.68. The second kappa shape index (κ2) is 5.35. The molecule has 92 valence electrons. The predicted octanol–water partition coefficient (Wildman–Crippen LogP) is 3.12. The van der Waals surface area contributed by atoms with Crippen molar-refractivity contribution in [2.45, 2.75) is 76.3 Å². The summed E-state index contributed by atoms with van der Waals surface area (Å²) in [4.78, 5) is 0. The first-order valence-electron chi connectivity index (χ1n) is 6.77. The van der Waals surface area contributed by atoms with Crippen molar-refractivity contribution in [3.63, 3.8) is 0 Å². The maximum absolute atomic E-state index is 5.42. The third kappa shape index (κ3) is 3.34. The van der Waals surface area contributed by atoms with E-state index in [0.717, 1.165) is 5.11 Å². The van der Waals surface area contributed by atoms with Crippen molar-refractivity contribution in [2.24, 2.45) is 0 Å². The highest BCUT2D eigenvalue weighted by atomic mass is 32.1. The molecule has 2 N–H and O–H groups in total. The minimum absolute atomic E-state index is 0.263. The lowest BCUT2D eigenvalue weighted by Gasteiger charge is -2.30. The molecule has 16 heavy (non-hydrogen) atoms. The molecule has 0 saturated heterocycles. The fraction of sp³-hybridized carbons (Fsp3) is 0.923. The second-order valence-corrected chi connectivity index (χ2v) is 6.11. The summed E-state index contributed by atoms with van der Waals surface area (Å²) in [6.45, 7) is 2.30. The van der Waals surface area contributed by atoms with E-state index in [2.05, 4.69) is 17.6 Å². The first kappa shape index (κ1) is 12.2. The summed E-state index contributed by atoms with van der Waals surface area (Å²) in [6.07, 6.45) is 11.9. The highest BCUT2D eigenvalue weighted by Gasteiger charge is 2.29. The van der Waals surface area contributed by atoms with Crippen LogP contribution in [0, 0.1) is 0 Å². The number of nitrogens with one attached hydrogen (secondary N) is 2. The molecule has 2 nitrogen and oxygen atoms in total. The molecule has 0 radical (unpaired) electrons. The highest BCUT2D eigenvalue weighted by Crippen LogP contribution is 2.28. The van der Waals surface area contributed by atoms with Gasteiger partial charge in [0, 0.05) is 11.6 Å². The molecule has 0 amide bonds. The Morgan fingerprint density at radius 3 is 2.31 bits per heavy atom. The van der Waals surface area contributed by atoms with Crippen molar-refractivity contribution in [3.8, 4) is 0 Å². The summed E-state index contributed by atoms with van der Waals surface area (Å²) in [5.41, 5.74) is 0.263. The van der Waals surface area contributed by atoms with E-state index in [4.69, 9.17) is 12.2 Å². The molecule has 0 heterocycles. The van der Waals surface area contributed by atoms with E-state index in [-0.39, 0.29) is 5.54 Å². The Morgan fingerprint density at radius 2 is 1.69 bits per heavy atom. The van der Waals surface area contributed by atoms with E-state index in [1.54, 1.807) is 0 Å². The van der Waals surface area contributed by atoms with Gasteiger partial charge in [0.25, 0.3) is 0 Å². The quantitative estimate of drug-likeness (QED) is 0.725. The van der Waals surface area contributed by atoms with Gasteiger partial charge < -0.3 is 10.6 Å². The lowest BCUT2D eigenvalue weighted by Crippen LogP contribution is -2.51. The van der Waals surface area contributed by atoms with Crippen LogP contribution >= 0.6 is 12.2 Å². The standard InChI is InChI=1S/C13H24N2S/c1-13(9-5-6-10-13)15-12(16)14-11-7-3-2-4-8-11/h11H,2-10H2,1H3,(H2,14,15,16). The Bertz CT molecular complexity index is 240. The SMILES string of the molecule is CC1(NC(=S)NC2CCCCC2)CCCC1. The van der Waals surface area contributed by atoms with E-state index >= 15 is 0 Å². The molecule has 2 aliphatic carbocycles. The number of rotatable bonds is 2. The smallest absolute Gasteiger partial charge is 0.166 e. The van der Waals surface area contributed by atoms with Crippen LogP contribution < -0.4 is 10.6 Å². The fourth-order valence-electron chi connectivity index (χ4n) is 3.02. The summed E-state index contributed by atoms with van der Waals surface area (Å²) in [7, 11) is 0. The molecule has 0 aromatic rings. The molecular weight excluding hydrogens is 216 g/mol. The molecule has 2 fully saturated rings. The van der Waals surface area contributed by atoms with Gasteiger partial charge in [0.2, 0.25) is 0 Å². The van der Waals surface area contributed by atoms with Crippen LogP contribution in [0.25, 0.3) is 0 Å². The van der Waals surface area contributed by atoms with E-state index in [1.165, 1.54) is 57.8 Å². The molecule has 2 aliphatic rings. The molecule has 2 saturated carbocycles. The molecule has 0 aromatic heterocycles. The lowest BCUT2D eigenvalue weighted by atomic mass is 9.95. The van der Waals surface area contributed by atoms with Gasteiger partial charge in [-0.25, -0.2) is 0 Å². The van der Waals surface area contributed by atoms with Crippen LogP contribution in [-0.2, 0) is 0 Å². The third-order valence-electron chi connectivity index (χ3n) is 4.06. The van der Waals surface area contributed by atoms with Crippen molar-refractivity contribution in [2.75, 3.05) is 0 Å². The first-order valence-corrected chi connectivity index (χ1v) is 7.17. The maximum atomic E-state index is 5.42. The molecule has 3 heteroatoms. The van der Waals surface area contributed by atoms with Gasteiger partial charge in [-0.05, 0) is 44.8 Å². The summed E-state index contributed by atoms with van der Waals surface area (Å²) in [6, 6.07) is 0.624. The van der Waals surface area contributed by atoms with Gasteiger partial charge in [0.1, 0.15) is 0 Å². The molecule has 0 aliphatic heterocycles. The molecule has 0 unspecified atom stereocenters. The maximum Gasteiger partial charge on any atom is 0.166 e. The third-order valence-corrected chi connectivity index (χ3v) is 4.28. The zero-order chi connectivity index (χ0) is 11.4. The monoisotopic (exact) mass is 240 g/mol. The van der Waals surface area contributed by atoms with Crippen LogP contribution in [0.4, 0.5) is 0 Å². The van der Waals surface area contributed by atoms with Crippen molar-refractivity contribution in [3.05, 3.63) is 0 Å². The fourth-order valence-corrected chi connectivity index (χ4v) is 3.44. The van der Waals surface area contributed by atoms with Crippen LogP contribution in [0.3, 0.4) is 0 Å². The van der Waals surface area contributed by atoms with Gasteiger partial charge in [-0.15, -0.1) is 0 Å². The van der Waals surface area contributed by atoms with Crippen molar-refractivity contribution >= 4 is 17.3 Å². The van der Waals surface area contributed by atoms with Crippen molar-refractivity contribution < 1.29 is 0 Å². The molecule has 0 bridgehead atoms. The zero-order valence-corrected chi connectivity index (χ0v) is 11.2. The predicted molar refractivity (Wildman–Crippen MR) is 72.6 cm³/mol. The van der Waals surface area contributed by atoms with Gasteiger partial charge in [-0.1, -0.05) is 32.1 Å². The largest absolute Gasteiger partial charge is 0.360 e. The molecular formula is C13H24N2S. The van der Waals surface area contributed by atoms with Crippen LogP contribution in [0.1, 0.15) is 64.7 Å². The highest BCUT2D eigenvalue weighted by molar-refractivity contribution is 7.80. The van der Waals surface area contributed by atoms with Gasteiger partial charge in [0.05, 0.1) is 0 Å². The van der Waals surface area contributed by atoms with Gasteiger partial charge in [0.15, 0.2) is 5.11 Å². The molecule has 0 atom stereocenters. The average molecular weight is 240 g/mol. The Balaban J connectivity index is 1.74. The van der Waals surface area contributed by atoms with Gasteiger partial charge in [-0.2, -0.15) is 0 Å². The van der Waals surface area contributed by atoms with E-state index in [0.29, 0.717) is 6.04 Å². The van der Waals surface area contributed by atoms with E-state index in [1.807, 2.05) is 0 Å². The summed E-state index contributed by atoms with van der Waals surface area (Å²) >= 11 is 5.42. The number of hydrogen-bond acceptors (Lipinski definition) is 1. The lowest BCUT2D eigenvalue weighted by molar-refractivity contribution is 0.393. The second-order valence-electron chi connectivity index (χ2n) is 5.70. The average Bonchev–Trinajstić information content (AvgIpc) is 2.66. The number of hydrogen-bond donors (Lipinski definition) is 2. The van der Waals surface area contributed by atoms with Gasteiger partial charge in [-0.3, -0.25) is 0 Å². The van der Waals surface area contributed by atoms with E-state index < -0.39 is 0 Å². The van der Waals surface area contributed by atoms with E-state index in [9.17, 15) is 0 Å². The summed E-state index contributed by atoms with van der Waals surface area (Å²) in [5.74, 6) is 0. The van der Waals surface area contributed by atoms with Crippen LogP contribution in [0.15, 0.2) is 0 Å². The topological polar surface area (TPSA) is 24.1 Å². The Labute approximate surface area is 105 Å². The summed E-state index contributed by atoms with van der Waals surface area (Å²) < 4.78 is 0. The molecule has 0 spiro atoms. The van der Waals surface area contributed by atoms with Crippen LogP contribution in [0.5, 0.6) is 0 Å². The minimum Gasteiger partial charge on any atom is -0.360 e. The Morgan fingerprint density at radius 1 is 1.06 bits per heavy atom. The van der Waals surface area contributed by atoms with Crippen molar-refractivity contribution in [1.29, 1.82) is 0 Å². The minimum atomic E-state index is 0.263. The summed E-state index contributed by atoms with van der Waals surface area (Å²) in [5, 5.41) is 7.90. The number of thiocarbonyl (C=S) groups is 1. The van der Waals surface area contributed by atoms with Gasteiger partial charge >= 0.3 is 0 Å². The Kier molecular flexibility index (Phi) is 4.06. The van der Waals surface area contributed by atoms with Crippen LogP contribution in [-0.4, -0.2) is 16.7 Å². The van der Waals surface area contributed by atoms with Crippen LogP contribution in [0.2, 0.25) is 0 Å². The molecule has 2 rings (SSSR count). The van der Waals surface area contributed by atoms with Crippen molar-refractivity contribution in [1.82, 2.24) is 10.6 Å². The molecule has 0 aromatic carbocycles. The normalized spacial score (nSPS) is 25.3.